The van der Waals surface area contributed by atoms with Crippen molar-refractivity contribution in [3.63, 3.8) is 0 Å². The minimum atomic E-state index is 0.715. The maximum atomic E-state index is 4.66. The molecule has 0 bridgehead atoms. The summed E-state index contributed by atoms with van der Waals surface area (Å²) in [6.45, 7) is 9.86. The Balaban J connectivity index is 2.21. The van der Waals surface area contributed by atoms with Gasteiger partial charge in [-0.25, -0.2) is 0 Å². The van der Waals surface area contributed by atoms with Gasteiger partial charge in [0.25, 0.3) is 0 Å². The number of rotatable bonds is 4. The second-order valence-electron chi connectivity index (χ2n) is 4.84. The summed E-state index contributed by atoms with van der Waals surface area (Å²) in [6.07, 6.45) is 3.66. The van der Waals surface area contributed by atoms with E-state index in [9.17, 15) is 0 Å². The average molecular weight is 300 g/mol. The van der Waals surface area contributed by atoms with E-state index in [0.29, 0.717) is 6.04 Å². The summed E-state index contributed by atoms with van der Waals surface area (Å²) < 4.78 is 3.37. The van der Waals surface area contributed by atoms with Crippen LogP contribution in [0.4, 0.5) is 0 Å². The molecule has 0 radical (unpaired) electrons. The van der Waals surface area contributed by atoms with Crippen LogP contribution in [0, 0.1) is 0 Å². The van der Waals surface area contributed by atoms with Gasteiger partial charge in [0, 0.05) is 19.1 Å². The molecule has 1 aliphatic heterocycles. The van der Waals surface area contributed by atoms with Gasteiger partial charge in [-0.3, -0.25) is 9.58 Å². The minimum Gasteiger partial charge on any atom is -0.295 e. The summed E-state index contributed by atoms with van der Waals surface area (Å²) in [7, 11) is 0. The van der Waals surface area contributed by atoms with E-state index in [1.54, 1.807) is 0 Å². The second kappa shape index (κ2) is 5.53. The molecule has 1 unspecified atom stereocenters. The molecular formula is C13H22BrN3. The lowest BCUT2D eigenvalue weighted by Gasteiger charge is -2.21. The van der Waals surface area contributed by atoms with E-state index in [4.69, 9.17) is 0 Å². The molecule has 3 nitrogen and oxygen atoms in total. The van der Waals surface area contributed by atoms with Crippen LogP contribution in [0.3, 0.4) is 0 Å². The van der Waals surface area contributed by atoms with Gasteiger partial charge in [0.05, 0.1) is 15.9 Å². The monoisotopic (exact) mass is 299 g/mol. The van der Waals surface area contributed by atoms with Gasteiger partial charge < -0.3 is 0 Å². The summed E-state index contributed by atoms with van der Waals surface area (Å²) in [5.74, 6) is 0. The molecule has 1 aromatic heterocycles. The summed E-state index contributed by atoms with van der Waals surface area (Å²) in [4.78, 5) is 2.56. The van der Waals surface area contributed by atoms with Crippen molar-refractivity contribution in [3.8, 4) is 0 Å². The van der Waals surface area contributed by atoms with E-state index >= 15 is 0 Å². The van der Waals surface area contributed by atoms with Crippen molar-refractivity contribution in [1.82, 2.24) is 14.7 Å². The number of aromatic nitrogens is 2. The molecule has 4 heteroatoms. The lowest BCUT2D eigenvalue weighted by molar-refractivity contribution is 0.251. The highest BCUT2D eigenvalue weighted by Crippen LogP contribution is 2.26. The van der Waals surface area contributed by atoms with E-state index in [2.05, 4.69) is 51.4 Å². The number of hydrogen-bond donors (Lipinski definition) is 0. The summed E-state index contributed by atoms with van der Waals surface area (Å²) in [6, 6.07) is 0.715. The molecule has 0 saturated carbocycles. The maximum absolute atomic E-state index is 4.66. The van der Waals surface area contributed by atoms with Gasteiger partial charge in [0.15, 0.2) is 0 Å². The van der Waals surface area contributed by atoms with Gasteiger partial charge in [-0.2, -0.15) is 5.10 Å². The van der Waals surface area contributed by atoms with E-state index in [1.165, 1.54) is 35.2 Å². The predicted molar refractivity (Wildman–Crippen MR) is 74.1 cm³/mol. The Labute approximate surface area is 112 Å². The third-order valence-electron chi connectivity index (χ3n) is 3.74. The Morgan fingerprint density at radius 2 is 2.18 bits per heavy atom. The first kappa shape index (κ1) is 13.1. The van der Waals surface area contributed by atoms with Crippen LogP contribution in [0.5, 0.6) is 0 Å². The third kappa shape index (κ3) is 2.58. The molecule has 2 heterocycles. The first-order valence-corrected chi connectivity index (χ1v) is 7.44. The molecule has 0 spiro atoms. The second-order valence-corrected chi connectivity index (χ2v) is 5.63. The lowest BCUT2D eigenvalue weighted by Crippen LogP contribution is -2.27. The van der Waals surface area contributed by atoms with E-state index in [-0.39, 0.29) is 0 Å². The zero-order valence-corrected chi connectivity index (χ0v) is 12.6. The van der Waals surface area contributed by atoms with Gasteiger partial charge in [0.1, 0.15) is 0 Å². The van der Waals surface area contributed by atoms with Crippen LogP contribution in [0.25, 0.3) is 0 Å². The van der Waals surface area contributed by atoms with Crippen LogP contribution in [0.15, 0.2) is 4.47 Å². The SMILES string of the molecule is CCc1nn(CC)c(CN2CCCC2C)c1Br. The van der Waals surface area contributed by atoms with Crippen LogP contribution >= 0.6 is 15.9 Å². The quantitative estimate of drug-likeness (QED) is 0.851. The molecule has 1 aromatic rings. The van der Waals surface area contributed by atoms with Gasteiger partial charge in [-0.1, -0.05) is 6.92 Å². The van der Waals surface area contributed by atoms with Crippen molar-refractivity contribution in [2.45, 2.75) is 59.2 Å². The van der Waals surface area contributed by atoms with Gasteiger partial charge in [0.2, 0.25) is 0 Å². The Morgan fingerprint density at radius 1 is 1.41 bits per heavy atom. The highest BCUT2D eigenvalue weighted by atomic mass is 79.9. The molecule has 17 heavy (non-hydrogen) atoms. The van der Waals surface area contributed by atoms with Crippen molar-refractivity contribution in [1.29, 1.82) is 0 Å². The van der Waals surface area contributed by atoms with Crippen LogP contribution in [-0.4, -0.2) is 27.3 Å². The average Bonchev–Trinajstić information content (AvgIpc) is 2.86. The first-order valence-electron chi connectivity index (χ1n) is 6.65. The summed E-state index contributed by atoms with van der Waals surface area (Å²) in [5, 5.41) is 4.66. The van der Waals surface area contributed by atoms with Crippen LogP contribution < -0.4 is 0 Å². The topological polar surface area (TPSA) is 21.1 Å². The van der Waals surface area contributed by atoms with Gasteiger partial charge >= 0.3 is 0 Å². The van der Waals surface area contributed by atoms with Crippen LogP contribution in [0.1, 0.15) is 45.0 Å². The largest absolute Gasteiger partial charge is 0.295 e. The zero-order chi connectivity index (χ0) is 12.4. The van der Waals surface area contributed by atoms with Gasteiger partial charge in [-0.05, 0) is 55.6 Å². The number of halogens is 1. The maximum Gasteiger partial charge on any atom is 0.0767 e. The predicted octanol–water partition coefficient (Wildman–Crippen LogP) is 3.21. The van der Waals surface area contributed by atoms with Crippen molar-refractivity contribution < 1.29 is 0 Å². The molecule has 0 aliphatic carbocycles. The van der Waals surface area contributed by atoms with E-state index < -0.39 is 0 Å². The fraction of sp³-hybridized carbons (Fsp3) is 0.769. The first-order chi connectivity index (χ1) is 8.17. The smallest absolute Gasteiger partial charge is 0.0767 e. The molecule has 1 atom stereocenters. The molecule has 0 amide bonds. The normalized spacial score (nSPS) is 21.3. The Hall–Kier alpha value is -0.350. The van der Waals surface area contributed by atoms with Crippen molar-refractivity contribution in [3.05, 3.63) is 15.9 Å². The van der Waals surface area contributed by atoms with E-state index in [0.717, 1.165) is 19.5 Å². The Bertz CT molecular complexity index is 386. The lowest BCUT2D eigenvalue weighted by atomic mass is 10.2. The number of hydrogen-bond acceptors (Lipinski definition) is 2. The minimum absolute atomic E-state index is 0.715. The Morgan fingerprint density at radius 3 is 2.71 bits per heavy atom. The molecule has 2 rings (SSSR count). The molecule has 0 aromatic carbocycles. The fourth-order valence-corrected chi connectivity index (χ4v) is 3.28. The highest BCUT2D eigenvalue weighted by molar-refractivity contribution is 9.10. The highest BCUT2D eigenvalue weighted by Gasteiger charge is 2.23. The molecule has 1 fully saturated rings. The van der Waals surface area contributed by atoms with Crippen molar-refractivity contribution >= 4 is 15.9 Å². The standard InChI is InChI=1S/C13H22BrN3/c1-4-11-13(14)12(17(5-2)15-11)9-16-8-6-7-10(16)3/h10H,4-9H2,1-3H3. The van der Waals surface area contributed by atoms with Crippen molar-refractivity contribution in [2.75, 3.05) is 6.54 Å². The molecule has 1 saturated heterocycles. The Kier molecular flexibility index (Phi) is 4.26. The molecule has 0 N–H and O–H groups in total. The number of likely N-dealkylation sites (tertiary alicyclic amines) is 1. The molecule has 1 aliphatic rings. The summed E-state index contributed by atoms with van der Waals surface area (Å²) in [5.41, 5.74) is 2.53. The van der Waals surface area contributed by atoms with Crippen LogP contribution in [-0.2, 0) is 19.5 Å². The zero-order valence-electron chi connectivity index (χ0n) is 11.0. The van der Waals surface area contributed by atoms with Gasteiger partial charge in [-0.15, -0.1) is 0 Å². The third-order valence-corrected chi connectivity index (χ3v) is 4.65. The summed E-state index contributed by atoms with van der Waals surface area (Å²) >= 11 is 3.72. The van der Waals surface area contributed by atoms with Crippen LogP contribution in [0.2, 0.25) is 0 Å². The number of nitrogens with zero attached hydrogens (tertiary/aromatic N) is 3. The van der Waals surface area contributed by atoms with Crippen molar-refractivity contribution in [2.24, 2.45) is 0 Å². The van der Waals surface area contributed by atoms with E-state index in [1.807, 2.05) is 0 Å². The number of aryl methyl sites for hydroxylation is 2. The molecule has 96 valence electrons. The fourth-order valence-electron chi connectivity index (χ4n) is 2.59. The molecular weight excluding hydrogens is 278 g/mol.